The number of anilines is 1. The maximum absolute atomic E-state index is 14.2. The van der Waals surface area contributed by atoms with Gasteiger partial charge in [0.05, 0.1) is 71.1 Å². The van der Waals surface area contributed by atoms with E-state index in [0.29, 0.717) is 0 Å². The summed E-state index contributed by atoms with van der Waals surface area (Å²) in [6.07, 6.45) is 0. The number of imide groups is 1. The summed E-state index contributed by atoms with van der Waals surface area (Å²) in [5.74, 6) is -6.98. The molecular formula is C34H41N7O14. The highest BCUT2D eigenvalue weighted by molar-refractivity contribution is 6.16. The van der Waals surface area contributed by atoms with Crippen molar-refractivity contribution in [1.29, 1.82) is 0 Å². The molecule has 4 heterocycles. The molecule has 4 aliphatic heterocycles. The van der Waals surface area contributed by atoms with Gasteiger partial charge in [-0.3, -0.25) is 77.3 Å². The summed E-state index contributed by atoms with van der Waals surface area (Å²) in [4.78, 5) is 134. The van der Waals surface area contributed by atoms with Crippen molar-refractivity contribution < 1.29 is 66.9 Å². The Morgan fingerprint density at radius 3 is 0.945 bits per heavy atom. The lowest BCUT2D eigenvalue weighted by Gasteiger charge is -2.33. The van der Waals surface area contributed by atoms with Gasteiger partial charge in [-0.05, 0) is 12.1 Å². The maximum atomic E-state index is 14.2. The van der Waals surface area contributed by atoms with Gasteiger partial charge in [-0.25, -0.2) is 4.90 Å². The van der Waals surface area contributed by atoms with Crippen molar-refractivity contribution in [3.63, 3.8) is 0 Å². The molecule has 0 unspecified atom stereocenters. The number of benzene rings is 1. The fraction of sp³-hybridized carbons (Fsp3) is 0.529. The Kier molecular flexibility index (Phi) is 14.4. The minimum atomic E-state index is -0.715. The molecule has 5 rings (SSSR count). The van der Waals surface area contributed by atoms with Crippen LogP contribution in [0.4, 0.5) is 5.69 Å². The van der Waals surface area contributed by atoms with Gasteiger partial charge in [0.25, 0.3) is 0 Å². The van der Waals surface area contributed by atoms with E-state index in [1.54, 1.807) is 59.7 Å². The standard InChI is InChI=1S/C34H41N7O14/c42-25(14-35(6-10-37-16-27(44)52-28(45)17-37)7-11-38-18-29(46)53-30(47)19-38)41(24-4-2-1-3-5-24)26(43)15-36(8-12-39-20-31(48)54-32(49)21-39)9-13-40-22-33(50)55-34(51)23-40/h1-5H,6-23H2. The monoisotopic (exact) mass is 771 g/mol. The van der Waals surface area contributed by atoms with Crippen molar-refractivity contribution in [3.05, 3.63) is 30.3 Å². The van der Waals surface area contributed by atoms with Crippen molar-refractivity contribution in [3.8, 4) is 0 Å². The largest absolute Gasteiger partial charge is 0.391 e. The topological polar surface area (TPSA) is 230 Å². The molecular weight excluding hydrogens is 730 g/mol. The second kappa shape index (κ2) is 19.3. The van der Waals surface area contributed by atoms with E-state index in [4.69, 9.17) is 0 Å². The van der Waals surface area contributed by atoms with Gasteiger partial charge < -0.3 is 18.9 Å². The van der Waals surface area contributed by atoms with Crippen LogP contribution in [0.15, 0.2) is 30.3 Å². The Bertz CT molecular complexity index is 1440. The molecule has 0 saturated carbocycles. The Morgan fingerprint density at radius 2 is 0.691 bits per heavy atom. The highest BCUT2D eigenvalue weighted by Gasteiger charge is 2.32. The van der Waals surface area contributed by atoms with E-state index in [9.17, 15) is 47.9 Å². The predicted octanol–water partition coefficient (Wildman–Crippen LogP) is -4.31. The zero-order valence-corrected chi connectivity index (χ0v) is 30.0. The summed E-state index contributed by atoms with van der Waals surface area (Å²) < 4.78 is 18.4. The van der Waals surface area contributed by atoms with Crippen LogP contribution in [0, 0.1) is 0 Å². The average molecular weight is 772 g/mol. The molecule has 21 heteroatoms. The van der Waals surface area contributed by atoms with Crippen molar-refractivity contribution in [1.82, 2.24) is 29.4 Å². The molecule has 4 fully saturated rings. The highest BCUT2D eigenvalue weighted by Crippen LogP contribution is 2.16. The number of carbonyl (C=O) groups is 10. The van der Waals surface area contributed by atoms with Crippen LogP contribution in [0.3, 0.4) is 0 Å². The maximum Gasteiger partial charge on any atom is 0.327 e. The van der Waals surface area contributed by atoms with E-state index in [0.717, 1.165) is 4.90 Å². The van der Waals surface area contributed by atoms with Crippen LogP contribution in [0.5, 0.6) is 0 Å². The van der Waals surface area contributed by atoms with E-state index in [1.165, 1.54) is 0 Å². The Balaban J connectivity index is 1.31. The number of carbonyl (C=O) groups excluding carboxylic acids is 10. The number of nitrogens with zero attached hydrogens (tertiary/aromatic N) is 7. The number of para-hydroxylation sites is 1. The summed E-state index contributed by atoms with van der Waals surface area (Å²) in [7, 11) is 0. The van der Waals surface area contributed by atoms with Gasteiger partial charge >= 0.3 is 47.8 Å². The molecule has 0 aliphatic carbocycles. The lowest BCUT2D eigenvalue weighted by Crippen LogP contribution is -2.53. The first-order valence-corrected chi connectivity index (χ1v) is 17.5. The smallest absolute Gasteiger partial charge is 0.327 e. The van der Waals surface area contributed by atoms with Crippen LogP contribution in [0.1, 0.15) is 0 Å². The summed E-state index contributed by atoms with van der Waals surface area (Å²) in [6, 6.07) is 8.17. The van der Waals surface area contributed by atoms with Gasteiger partial charge in [0.2, 0.25) is 11.8 Å². The minimum absolute atomic E-state index is 0.148. The predicted molar refractivity (Wildman–Crippen MR) is 182 cm³/mol. The fourth-order valence-electron chi connectivity index (χ4n) is 6.28. The van der Waals surface area contributed by atoms with Gasteiger partial charge in [0.1, 0.15) is 0 Å². The fourth-order valence-corrected chi connectivity index (χ4v) is 6.28. The molecule has 0 spiro atoms. The minimum Gasteiger partial charge on any atom is -0.391 e. The second-order valence-corrected chi connectivity index (χ2v) is 13.2. The molecule has 0 aromatic heterocycles. The molecule has 2 amide bonds. The van der Waals surface area contributed by atoms with Gasteiger partial charge in [0.15, 0.2) is 0 Å². The summed E-state index contributed by atoms with van der Waals surface area (Å²) in [5, 5.41) is 0. The van der Waals surface area contributed by atoms with Gasteiger partial charge in [-0.2, -0.15) is 0 Å². The van der Waals surface area contributed by atoms with Gasteiger partial charge in [-0.1, -0.05) is 18.2 Å². The number of morpholine rings is 4. The van der Waals surface area contributed by atoms with Crippen molar-refractivity contribution >= 4 is 65.3 Å². The molecule has 0 radical (unpaired) electrons. The SMILES string of the molecule is O=C1CN(CCN(CCN2CC(=O)OC(=O)C2)CC(=O)N(C(=O)CN(CCN2CC(=O)OC(=O)C2)CCN2CC(=O)OC(=O)C2)c2ccccc2)CC(=O)O1. The Morgan fingerprint density at radius 1 is 0.436 bits per heavy atom. The lowest BCUT2D eigenvalue weighted by molar-refractivity contribution is -0.168. The lowest BCUT2D eigenvalue weighted by atomic mass is 10.2. The van der Waals surface area contributed by atoms with Crippen molar-refractivity contribution in [2.75, 3.05) is 123 Å². The Labute approximate surface area is 314 Å². The zero-order valence-electron chi connectivity index (χ0n) is 30.0. The Hall–Kier alpha value is -5.32. The normalized spacial score (nSPS) is 19.4. The third-order valence-electron chi connectivity index (χ3n) is 8.89. The zero-order chi connectivity index (χ0) is 39.5. The number of hydrogen-bond acceptors (Lipinski definition) is 20. The molecule has 1 aromatic carbocycles. The van der Waals surface area contributed by atoms with Gasteiger partial charge in [0, 0.05) is 52.4 Å². The van der Waals surface area contributed by atoms with E-state index in [1.807, 2.05) is 0 Å². The highest BCUT2D eigenvalue weighted by atomic mass is 16.6. The van der Waals surface area contributed by atoms with E-state index in [2.05, 4.69) is 18.9 Å². The van der Waals surface area contributed by atoms with Crippen molar-refractivity contribution in [2.45, 2.75) is 0 Å². The first-order valence-electron chi connectivity index (χ1n) is 17.5. The average Bonchev–Trinajstić information content (AvgIpc) is 3.09. The van der Waals surface area contributed by atoms with Crippen LogP contribution in [-0.2, 0) is 66.9 Å². The first-order chi connectivity index (χ1) is 26.3. The third-order valence-corrected chi connectivity index (χ3v) is 8.89. The van der Waals surface area contributed by atoms with E-state index in [-0.39, 0.29) is 123 Å². The molecule has 4 aliphatic rings. The van der Waals surface area contributed by atoms with Crippen LogP contribution >= 0.6 is 0 Å². The summed E-state index contributed by atoms with van der Waals surface area (Å²) in [5.41, 5.74) is 0.264. The molecule has 296 valence electrons. The van der Waals surface area contributed by atoms with Crippen LogP contribution in [0.2, 0.25) is 0 Å². The molecule has 55 heavy (non-hydrogen) atoms. The summed E-state index contributed by atoms with van der Waals surface area (Å²) >= 11 is 0. The molecule has 0 N–H and O–H groups in total. The molecule has 0 atom stereocenters. The number of rotatable bonds is 17. The van der Waals surface area contributed by atoms with Crippen LogP contribution in [-0.4, -0.2) is 207 Å². The van der Waals surface area contributed by atoms with E-state index >= 15 is 0 Å². The number of hydrogen-bond donors (Lipinski definition) is 0. The number of ether oxygens (including phenoxy) is 4. The van der Waals surface area contributed by atoms with Gasteiger partial charge in [-0.15, -0.1) is 0 Å². The first kappa shape index (κ1) is 40.9. The number of esters is 8. The van der Waals surface area contributed by atoms with Crippen LogP contribution < -0.4 is 4.90 Å². The molecule has 4 saturated heterocycles. The number of amides is 2. The summed E-state index contributed by atoms with van der Waals surface area (Å²) in [6.45, 7) is -0.574. The van der Waals surface area contributed by atoms with E-state index < -0.39 is 59.6 Å². The molecule has 1 aromatic rings. The third kappa shape index (κ3) is 12.9. The van der Waals surface area contributed by atoms with Crippen LogP contribution in [0.25, 0.3) is 0 Å². The number of cyclic esters (lactones) is 8. The molecule has 21 nitrogen and oxygen atoms in total. The quantitative estimate of drug-likeness (QED) is 0.0828. The van der Waals surface area contributed by atoms with Crippen molar-refractivity contribution in [2.24, 2.45) is 0 Å². The second-order valence-electron chi connectivity index (χ2n) is 13.2. The molecule has 0 bridgehead atoms.